The molecule has 0 atom stereocenters. The molecule has 0 unspecified atom stereocenters. The zero-order valence-electron chi connectivity index (χ0n) is 36.6. The van der Waals surface area contributed by atoms with Crippen molar-refractivity contribution >= 4 is 89.6 Å². The Hall–Kier alpha value is -6.46. The number of fused-ring (bicyclic) bond motifs is 13. The van der Waals surface area contributed by atoms with Crippen molar-refractivity contribution in [2.24, 2.45) is 0 Å². The van der Waals surface area contributed by atoms with Crippen LogP contribution in [0.1, 0.15) is 79.0 Å². The molecule has 0 aliphatic carbocycles. The Bertz CT molecular complexity index is 3470. The molecule has 4 nitrogen and oxygen atoms in total. The number of aromatic nitrogens is 2. The van der Waals surface area contributed by atoms with Crippen LogP contribution in [0.3, 0.4) is 0 Å². The molecular weight excluding hydrogens is 741 g/mol. The van der Waals surface area contributed by atoms with Crippen molar-refractivity contribution in [3.63, 3.8) is 0 Å². The number of hydrogen-bond acceptors (Lipinski definition) is 2. The highest BCUT2D eigenvalue weighted by atomic mass is 16.4. The molecule has 12 rings (SSSR count). The normalized spacial score (nSPS) is 13.9. The lowest BCUT2D eigenvalue weighted by molar-refractivity contribution is 0.589. The van der Waals surface area contributed by atoms with Crippen molar-refractivity contribution in [1.29, 1.82) is 0 Å². The maximum absolute atomic E-state index is 7.16. The molecule has 7 aromatic carbocycles. The Labute approximate surface area is 358 Å². The van der Waals surface area contributed by atoms with Gasteiger partial charge in [-0.25, -0.2) is 0 Å². The average Bonchev–Trinajstić information content (AvgIpc) is 3.89. The Balaban J connectivity index is 1.29. The van der Waals surface area contributed by atoms with Gasteiger partial charge in [-0.1, -0.05) is 135 Å². The summed E-state index contributed by atoms with van der Waals surface area (Å²) >= 11 is 0. The monoisotopic (exact) mass is 791 g/mol. The van der Waals surface area contributed by atoms with Crippen LogP contribution in [-0.4, -0.2) is 15.9 Å². The van der Waals surface area contributed by atoms with Crippen LogP contribution in [0, 0.1) is 0 Å². The maximum atomic E-state index is 7.16. The lowest BCUT2D eigenvalue weighted by atomic mass is 9.45. The highest BCUT2D eigenvalue weighted by Crippen LogP contribution is 2.51. The molecule has 0 N–H and O–H groups in total. The second-order valence-corrected chi connectivity index (χ2v) is 20.6. The summed E-state index contributed by atoms with van der Waals surface area (Å²) in [7, 11) is 0. The molecule has 0 saturated heterocycles. The number of hydrogen-bond donors (Lipinski definition) is 0. The second-order valence-electron chi connectivity index (χ2n) is 20.6. The Kier molecular flexibility index (Phi) is 7.22. The topological polar surface area (TPSA) is 26.2 Å². The lowest BCUT2D eigenvalue weighted by Gasteiger charge is -2.39. The van der Waals surface area contributed by atoms with Crippen molar-refractivity contribution in [3.05, 3.63) is 156 Å². The van der Waals surface area contributed by atoms with Gasteiger partial charge in [0.2, 0.25) is 5.88 Å². The van der Waals surface area contributed by atoms with E-state index in [9.17, 15) is 0 Å². The first-order valence-corrected chi connectivity index (χ1v) is 21.9. The van der Waals surface area contributed by atoms with Crippen LogP contribution in [-0.2, 0) is 16.2 Å². The van der Waals surface area contributed by atoms with Crippen LogP contribution in [0.15, 0.2) is 144 Å². The Morgan fingerprint density at radius 1 is 0.459 bits per heavy atom. The fraction of sp³-hybridized carbons (Fsp3) is 0.214. The molecule has 61 heavy (non-hydrogen) atoms. The van der Waals surface area contributed by atoms with Gasteiger partial charge in [0.25, 0.3) is 0 Å². The summed E-state index contributed by atoms with van der Waals surface area (Å²) in [4.78, 5) is 2.43. The van der Waals surface area contributed by atoms with Gasteiger partial charge >= 0.3 is 6.85 Å². The van der Waals surface area contributed by atoms with Gasteiger partial charge in [0.05, 0.1) is 11.0 Å². The highest BCUT2D eigenvalue weighted by Gasteiger charge is 2.47. The zero-order chi connectivity index (χ0) is 41.9. The maximum Gasteiger partial charge on any atom is 0.337 e. The molecule has 0 spiro atoms. The fourth-order valence-corrected chi connectivity index (χ4v) is 10.6. The molecule has 3 aromatic heterocycles. The molecule has 0 amide bonds. The quantitative estimate of drug-likeness (QED) is 0.163. The molecule has 298 valence electrons. The summed E-state index contributed by atoms with van der Waals surface area (Å²) in [6.07, 6.45) is 0. The van der Waals surface area contributed by atoms with Crippen LogP contribution >= 0.6 is 0 Å². The molecular formula is C56H50BN3O. The van der Waals surface area contributed by atoms with Crippen molar-refractivity contribution in [1.82, 2.24) is 9.05 Å². The van der Waals surface area contributed by atoms with E-state index in [1.165, 1.54) is 93.7 Å². The molecule has 0 fully saturated rings. The molecule has 2 aliphatic rings. The van der Waals surface area contributed by atoms with E-state index in [1.807, 2.05) is 0 Å². The van der Waals surface area contributed by atoms with Crippen LogP contribution < -0.4 is 15.8 Å². The first-order chi connectivity index (χ1) is 29.2. The second kappa shape index (κ2) is 12.1. The number of benzene rings is 7. The van der Waals surface area contributed by atoms with Crippen molar-refractivity contribution in [2.75, 3.05) is 4.90 Å². The van der Waals surface area contributed by atoms with Gasteiger partial charge < -0.3 is 13.5 Å². The number of furan rings is 1. The molecule has 0 radical (unpaired) electrons. The third-order valence-corrected chi connectivity index (χ3v) is 13.7. The molecule has 0 saturated carbocycles. The number of nitrogens with zero attached hydrogens (tertiary/aromatic N) is 3. The van der Waals surface area contributed by atoms with E-state index in [-0.39, 0.29) is 23.1 Å². The third-order valence-electron chi connectivity index (χ3n) is 13.7. The van der Waals surface area contributed by atoms with Gasteiger partial charge in [0, 0.05) is 66.1 Å². The molecule has 5 heterocycles. The smallest absolute Gasteiger partial charge is 0.337 e. The Morgan fingerprint density at radius 3 is 1.79 bits per heavy atom. The number of para-hydroxylation sites is 3. The lowest BCUT2D eigenvalue weighted by Crippen LogP contribution is -2.56. The number of rotatable bonds is 2. The SMILES string of the molecule is CC(C)(C)c1ccc(N2c3cc(C(C)(C)C)cc4c3B(c3c2oc2ccccc32)n2c3ccc5c(c6ccccc6n5-c5ccccc5)c3c3cc(C(C)(C)C)cc-4c32)cc1. The summed E-state index contributed by atoms with van der Waals surface area (Å²) in [5.74, 6) is 0.894. The van der Waals surface area contributed by atoms with E-state index in [4.69, 9.17) is 4.42 Å². The minimum atomic E-state index is -0.129. The Morgan fingerprint density at radius 2 is 1.07 bits per heavy atom. The predicted molar refractivity (Wildman–Crippen MR) is 260 cm³/mol. The number of anilines is 3. The molecule has 0 bridgehead atoms. The van der Waals surface area contributed by atoms with Crippen molar-refractivity contribution < 1.29 is 4.42 Å². The minimum Gasteiger partial charge on any atom is -0.440 e. The summed E-state index contributed by atoms with van der Waals surface area (Å²) in [6.45, 7) is 20.8. The van der Waals surface area contributed by atoms with Gasteiger partial charge in [-0.2, -0.15) is 0 Å². The van der Waals surface area contributed by atoms with E-state index in [2.05, 4.69) is 216 Å². The molecule has 10 aromatic rings. The van der Waals surface area contributed by atoms with E-state index < -0.39 is 0 Å². The van der Waals surface area contributed by atoms with Gasteiger partial charge in [-0.15, -0.1) is 0 Å². The van der Waals surface area contributed by atoms with Crippen LogP contribution in [0.4, 0.5) is 17.3 Å². The van der Waals surface area contributed by atoms with Crippen LogP contribution in [0.25, 0.3) is 71.4 Å². The fourth-order valence-electron chi connectivity index (χ4n) is 10.6. The minimum absolute atomic E-state index is 0.0372. The standard InChI is InChI=1S/C56H50BN3O/c1-54(2,3)33-23-25-37(26-24-33)59-46-32-35(56(7,8)9)29-40-41-30-34(55(4,5)6)31-42-49-45(60(52(41)42)57(50(40)46)51-39-20-14-16-22-47(39)61-53(51)59)28-27-44-48(49)38-19-13-15-21-43(38)58(44)36-17-11-10-12-18-36/h10-32H,1-9H3. The van der Waals surface area contributed by atoms with Crippen LogP contribution in [0.5, 0.6) is 0 Å². The van der Waals surface area contributed by atoms with Crippen molar-refractivity contribution in [3.8, 4) is 16.8 Å². The molecule has 5 heteroatoms. The third kappa shape index (κ3) is 5.01. The first kappa shape index (κ1) is 36.4. The summed E-state index contributed by atoms with van der Waals surface area (Å²) in [5, 5.41) is 6.34. The predicted octanol–water partition coefficient (Wildman–Crippen LogP) is 13.9. The van der Waals surface area contributed by atoms with Crippen LogP contribution in [0.2, 0.25) is 0 Å². The van der Waals surface area contributed by atoms with E-state index >= 15 is 0 Å². The van der Waals surface area contributed by atoms with Gasteiger partial charge in [-0.05, 0) is 111 Å². The first-order valence-electron chi connectivity index (χ1n) is 21.9. The summed E-state index contributed by atoms with van der Waals surface area (Å²) < 4.78 is 12.3. The zero-order valence-corrected chi connectivity index (χ0v) is 36.6. The molecule has 2 aliphatic heterocycles. The van der Waals surface area contributed by atoms with Crippen molar-refractivity contribution in [2.45, 2.75) is 78.6 Å². The average molecular weight is 792 g/mol. The van der Waals surface area contributed by atoms with E-state index in [0.29, 0.717) is 0 Å². The summed E-state index contributed by atoms with van der Waals surface area (Å²) in [6, 6.07) is 52.5. The van der Waals surface area contributed by atoms with Gasteiger partial charge in [0.1, 0.15) is 5.58 Å². The highest BCUT2D eigenvalue weighted by molar-refractivity contribution is 6.91. The van der Waals surface area contributed by atoms with E-state index in [0.717, 1.165) is 22.5 Å². The van der Waals surface area contributed by atoms with Gasteiger partial charge in [0.15, 0.2) is 0 Å². The summed E-state index contributed by atoms with van der Waals surface area (Å²) in [5.41, 5.74) is 18.3. The van der Waals surface area contributed by atoms with Gasteiger partial charge in [-0.3, -0.25) is 4.90 Å². The largest absolute Gasteiger partial charge is 0.440 e. The van der Waals surface area contributed by atoms with E-state index in [1.54, 1.807) is 0 Å².